The highest BCUT2D eigenvalue weighted by Crippen LogP contribution is 2.33. The van der Waals surface area contributed by atoms with Gasteiger partial charge < -0.3 is 9.80 Å². The third-order valence-corrected chi connectivity index (χ3v) is 5.82. The summed E-state index contributed by atoms with van der Waals surface area (Å²) in [6, 6.07) is 4.30. The molecule has 3 rings (SSSR count). The first-order chi connectivity index (χ1) is 13.3. The van der Waals surface area contributed by atoms with E-state index in [4.69, 9.17) is 23.2 Å². The van der Waals surface area contributed by atoms with E-state index >= 15 is 0 Å². The van der Waals surface area contributed by atoms with Gasteiger partial charge in [0.05, 0.1) is 21.4 Å². The minimum absolute atomic E-state index is 0.0576. The van der Waals surface area contributed by atoms with Gasteiger partial charge in [-0.15, -0.1) is 0 Å². The minimum Gasteiger partial charge on any atom is -0.352 e. The zero-order valence-corrected chi connectivity index (χ0v) is 16.7. The van der Waals surface area contributed by atoms with Crippen LogP contribution in [0.2, 0.25) is 10.0 Å². The maximum Gasteiger partial charge on any atom is 0.417 e. The van der Waals surface area contributed by atoms with Crippen LogP contribution in [-0.4, -0.2) is 52.7 Å². The molecule has 2 aromatic heterocycles. The zero-order chi connectivity index (χ0) is 20.3. The van der Waals surface area contributed by atoms with Gasteiger partial charge in [-0.3, -0.25) is 4.79 Å². The summed E-state index contributed by atoms with van der Waals surface area (Å²) in [4.78, 5) is 23.9. The topological polar surface area (TPSA) is 49.3 Å². The van der Waals surface area contributed by atoms with Crippen molar-refractivity contribution in [1.82, 2.24) is 14.9 Å². The third kappa shape index (κ3) is 5.01. The van der Waals surface area contributed by atoms with E-state index in [-0.39, 0.29) is 22.5 Å². The third-order valence-electron chi connectivity index (χ3n) is 4.14. The Morgan fingerprint density at radius 3 is 2.46 bits per heavy atom. The first-order valence-corrected chi connectivity index (χ1v) is 9.98. The summed E-state index contributed by atoms with van der Waals surface area (Å²) >= 11 is 13.3. The van der Waals surface area contributed by atoms with Gasteiger partial charge in [0.1, 0.15) is 10.8 Å². The van der Waals surface area contributed by atoms with Crippen molar-refractivity contribution in [2.24, 2.45) is 0 Å². The van der Waals surface area contributed by atoms with Gasteiger partial charge in [0.25, 0.3) is 0 Å². The molecule has 150 valence electrons. The average molecular weight is 451 g/mol. The van der Waals surface area contributed by atoms with E-state index in [0.29, 0.717) is 36.2 Å². The number of hydrogen-bond acceptors (Lipinski definition) is 5. The predicted octanol–water partition coefficient (Wildman–Crippen LogP) is 4.24. The summed E-state index contributed by atoms with van der Waals surface area (Å²) in [6.07, 6.45) is -2.11. The largest absolute Gasteiger partial charge is 0.417 e. The number of thioether (sulfide) groups is 1. The number of rotatable bonds is 4. The number of carbonyl (C=O) groups excluding carboxylic acids is 1. The van der Waals surface area contributed by atoms with Gasteiger partial charge >= 0.3 is 6.18 Å². The Bertz CT molecular complexity index is 861. The number of alkyl halides is 3. The molecule has 0 N–H and O–H groups in total. The Hall–Kier alpha value is -1.71. The van der Waals surface area contributed by atoms with E-state index in [1.807, 2.05) is 0 Å². The standard InChI is InChI=1S/C17H15Cl2F3N4OS/c18-12-2-1-3-23-16(12)28-10-14(27)25-4-6-26(7-5-25)15-13(19)8-11(9-24-15)17(20,21)22/h1-3,8-9H,4-7,10H2. The second-order valence-corrected chi connectivity index (χ2v) is 7.75. The number of halogens is 5. The molecule has 28 heavy (non-hydrogen) atoms. The summed E-state index contributed by atoms with van der Waals surface area (Å²) in [7, 11) is 0. The van der Waals surface area contributed by atoms with E-state index in [2.05, 4.69) is 9.97 Å². The van der Waals surface area contributed by atoms with E-state index in [9.17, 15) is 18.0 Å². The lowest BCUT2D eigenvalue weighted by molar-refractivity contribution is -0.137. The lowest BCUT2D eigenvalue weighted by Crippen LogP contribution is -2.49. The van der Waals surface area contributed by atoms with Crippen molar-refractivity contribution >= 4 is 46.7 Å². The number of anilines is 1. The molecule has 0 radical (unpaired) electrons. The maximum atomic E-state index is 12.7. The molecule has 0 aromatic carbocycles. The number of hydrogen-bond donors (Lipinski definition) is 0. The average Bonchev–Trinajstić information content (AvgIpc) is 2.66. The van der Waals surface area contributed by atoms with Crippen LogP contribution in [0.5, 0.6) is 0 Å². The SMILES string of the molecule is O=C(CSc1ncccc1Cl)N1CCN(c2ncc(C(F)(F)F)cc2Cl)CC1. The molecular formula is C17H15Cl2F3N4OS. The second-order valence-electron chi connectivity index (χ2n) is 5.97. The lowest BCUT2D eigenvalue weighted by Gasteiger charge is -2.35. The van der Waals surface area contributed by atoms with E-state index in [1.54, 1.807) is 28.1 Å². The molecule has 0 saturated carbocycles. The highest BCUT2D eigenvalue weighted by atomic mass is 35.5. The van der Waals surface area contributed by atoms with Crippen molar-refractivity contribution in [2.75, 3.05) is 36.8 Å². The molecule has 0 bridgehead atoms. The summed E-state index contributed by atoms with van der Waals surface area (Å²) in [5, 5.41) is 1.03. The molecule has 1 fully saturated rings. The predicted molar refractivity (Wildman–Crippen MR) is 103 cm³/mol. The van der Waals surface area contributed by atoms with Gasteiger partial charge in [0, 0.05) is 38.6 Å². The molecule has 3 heterocycles. The van der Waals surface area contributed by atoms with Gasteiger partial charge in [-0.25, -0.2) is 9.97 Å². The molecule has 0 unspecified atom stereocenters. The summed E-state index contributed by atoms with van der Waals surface area (Å²) in [5.74, 6) is 0.435. The van der Waals surface area contributed by atoms with Crippen LogP contribution in [0, 0.1) is 0 Å². The van der Waals surface area contributed by atoms with Gasteiger partial charge in [-0.05, 0) is 18.2 Å². The number of aromatic nitrogens is 2. The van der Waals surface area contributed by atoms with Crippen molar-refractivity contribution in [3.05, 3.63) is 46.2 Å². The van der Waals surface area contributed by atoms with Crippen LogP contribution in [0.25, 0.3) is 0 Å². The smallest absolute Gasteiger partial charge is 0.352 e. The number of piperazine rings is 1. The Morgan fingerprint density at radius 1 is 1.14 bits per heavy atom. The molecule has 0 spiro atoms. The Kier molecular flexibility index (Phi) is 6.57. The van der Waals surface area contributed by atoms with Gasteiger partial charge in [-0.1, -0.05) is 35.0 Å². The second kappa shape index (κ2) is 8.75. The molecule has 2 aromatic rings. The molecule has 1 aliphatic heterocycles. The molecule has 0 atom stereocenters. The Morgan fingerprint density at radius 2 is 1.86 bits per heavy atom. The van der Waals surface area contributed by atoms with E-state index in [0.717, 1.165) is 12.3 Å². The van der Waals surface area contributed by atoms with Crippen molar-refractivity contribution < 1.29 is 18.0 Å². The molecule has 5 nitrogen and oxygen atoms in total. The normalized spacial score (nSPS) is 15.0. The molecule has 1 aliphatic rings. The Balaban J connectivity index is 1.55. The summed E-state index contributed by atoms with van der Waals surface area (Å²) < 4.78 is 38.2. The highest BCUT2D eigenvalue weighted by molar-refractivity contribution is 8.00. The summed E-state index contributed by atoms with van der Waals surface area (Å²) in [5.41, 5.74) is -0.889. The van der Waals surface area contributed by atoms with E-state index < -0.39 is 11.7 Å². The zero-order valence-electron chi connectivity index (χ0n) is 14.4. The first kappa shape index (κ1) is 21.0. The number of nitrogens with zero attached hydrogens (tertiary/aromatic N) is 4. The number of amides is 1. The van der Waals surface area contributed by atoms with Crippen LogP contribution < -0.4 is 4.90 Å². The maximum absolute atomic E-state index is 12.7. The fourth-order valence-corrected chi connectivity index (χ4v) is 4.04. The quantitative estimate of drug-likeness (QED) is 0.651. The molecule has 11 heteroatoms. The van der Waals surface area contributed by atoms with Crippen LogP contribution in [0.1, 0.15) is 5.56 Å². The van der Waals surface area contributed by atoms with Crippen molar-refractivity contribution in [2.45, 2.75) is 11.2 Å². The van der Waals surface area contributed by atoms with Crippen LogP contribution >= 0.6 is 35.0 Å². The lowest BCUT2D eigenvalue weighted by atomic mass is 10.2. The molecule has 1 amide bonds. The van der Waals surface area contributed by atoms with Crippen LogP contribution in [-0.2, 0) is 11.0 Å². The van der Waals surface area contributed by atoms with Crippen molar-refractivity contribution in [3.63, 3.8) is 0 Å². The van der Waals surface area contributed by atoms with Crippen molar-refractivity contribution in [1.29, 1.82) is 0 Å². The fraction of sp³-hybridized carbons (Fsp3) is 0.353. The van der Waals surface area contributed by atoms with Gasteiger partial charge in [0.2, 0.25) is 5.91 Å². The molecule has 1 saturated heterocycles. The molecule has 0 aliphatic carbocycles. The Labute approximate surface area is 173 Å². The monoisotopic (exact) mass is 450 g/mol. The first-order valence-electron chi connectivity index (χ1n) is 8.24. The number of pyridine rings is 2. The number of carbonyl (C=O) groups is 1. The highest BCUT2D eigenvalue weighted by Gasteiger charge is 2.32. The van der Waals surface area contributed by atoms with Crippen molar-refractivity contribution in [3.8, 4) is 0 Å². The van der Waals surface area contributed by atoms with E-state index in [1.165, 1.54) is 11.8 Å². The van der Waals surface area contributed by atoms with Crippen LogP contribution in [0.4, 0.5) is 19.0 Å². The van der Waals surface area contributed by atoms with Crippen LogP contribution in [0.3, 0.4) is 0 Å². The minimum atomic E-state index is -4.49. The van der Waals surface area contributed by atoms with Crippen LogP contribution in [0.15, 0.2) is 35.6 Å². The fourth-order valence-electron chi connectivity index (χ4n) is 2.68. The summed E-state index contributed by atoms with van der Waals surface area (Å²) in [6.45, 7) is 1.71. The van der Waals surface area contributed by atoms with Gasteiger partial charge in [-0.2, -0.15) is 13.2 Å². The van der Waals surface area contributed by atoms with Gasteiger partial charge in [0.15, 0.2) is 0 Å². The molecular weight excluding hydrogens is 436 g/mol.